The van der Waals surface area contributed by atoms with Gasteiger partial charge in [0.25, 0.3) is 0 Å². The van der Waals surface area contributed by atoms with E-state index in [9.17, 15) is 4.39 Å². The van der Waals surface area contributed by atoms with Gasteiger partial charge in [-0.25, -0.2) is 14.1 Å². The van der Waals surface area contributed by atoms with Crippen molar-refractivity contribution in [2.75, 3.05) is 0 Å². The Labute approximate surface area is 128 Å². The minimum absolute atomic E-state index is 0.145. The van der Waals surface area contributed by atoms with Crippen LogP contribution in [0, 0.1) is 5.82 Å². The van der Waals surface area contributed by atoms with Gasteiger partial charge in [-0.05, 0) is 25.1 Å². The van der Waals surface area contributed by atoms with Crippen molar-refractivity contribution in [1.82, 2.24) is 20.0 Å². The molecular formula is C14H12BrFN4O. The van der Waals surface area contributed by atoms with Crippen LogP contribution in [0.1, 0.15) is 23.1 Å². The van der Waals surface area contributed by atoms with Gasteiger partial charge in [-0.3, -0.25) is 0 Å². The molecule has 0 N–H and O–H groups in total. The zero-order valence-electron chi connectivity index (χ0n) is 11.2. The summed E-state index contributed by atoms with van der Waals surface area (Å²) >= 11 is 3.44. The number of aromatic nitrogens is 4. The van der Waals surface area contributed by atoms with E-state index < -0.39 is 0 Å². The number of alkyl halides is 1. The maximum absolute atomic E-state index is 13.2. The van der Waals surface area contributed by atoms with Crippen molar-refractivity contribution in [2.24, 2.45) is 0 Å². The Morgan fingerprint density at radius 1 is 1.43 bits per heavy atom. The summed E-state index contributed by atoms with van der Waals surface area (Å²) in [6, 6.07) is 6.13. The van der Waals surface area contributed by atoms with Gasteiger partial charge in [0.1, 0.15) is 17.8 Å². The van der Waals surface area contributed by atoms with Crippen LogP contribution < -0.4 is 0 Å². The largest absolute Gasteiger partial charge is 0.444 e. The molecule has 0 amide bonds. The molecule has 7 heteroatoms. The first-order valence-electron chi connectivity index (χ1n) is 6.36. The lowest BCUT2D eigenvalue weighted by Gasteiger charge is -1.96. The van der Waals surface area contributed by atoms with Gasteiger partial charge in [0.15, 0.2) is 0 Å². The molecule has 1 atom stereocenters. The smallest absolute Gasteiger partial charge is 0.226 e. The zero-order chi connectivity index (χ0) is 14.8. The number of hydrogen-bond donors (Lipinski definition) is 0. The summed E-state index contributed by atoms with van der Waals surface area (Å²) in [5, 5.41) is 8.07. The summed E-state index contributed by atoms with van der Waals surface area (Å²) in [7, 11) is 0. The Morgan fingerprint density at radius 3 is 3.00 bits per heavy atom. The minimum Gasteiger partial charge on any atom is -0.444 e. The van der Waals surface area contributed by atoms with E-state index in [0.717, 1.165) is 5.69 Å². The molecule has 3 aromatic rings. The monoisotopic (exact) mass is 350 g/mol. The average Bonchev–Trinajstić information content (AvgIpc) is 3.08. The molecule has 0 radical (unpaired) electrons. The predicted molar refractivity (Wildman–Crippen MR) is 78.4 cm³/mol. The molecule has 21 heavy (non-hydrogen) atoms. The molecule has 0 aliphatic carbocycles. The first-order chi connectivity index (χ1) is 10.1. The van der Waals surface area contributed by atoms with Crippen molar-refractivity contribution >= 4 is 15.9 Å². The van der Waals surface area contributed by atoms with Crippen LogP contribution in [0.25, 0.3) is 11.5 Å². The Balaban J connectivity index is 1.78. The highest BCUT2D eigenvalue weighted by Crippen LogP contribution is 2.21. The van der Waals surface area contributed by atoms with E-state index in [0.29, 0.717) is 23.7 Å². The van der Waals surface area contributed by atoms with Crippen LogP contribution in [0.3, 0.4) is 0 Å². The standard InChI is InChI=1S/C14H12BrFN4O/c1-9(15)13-7-20(19-18-13)6-12-8-21-14(17-12)10-3-2-4-11(16)5-10/h2-5,7-9H,6H2,1H3. The molecule has 5 nitrogen and oxygen atoms in total. The van der Waals surface area contributed by atoms with E-state index in [4.69, 9.17) is 4.42 Å². The molecule has 0 bridgehead atoms. The maximum Gasteiger partial charge on any atom is 0.226 e. The fraction of sp³-hybridized carbons (Fsp3) is 0.214. The summed E-state index contributed by atoms with van der Waals surface area (Å²) in [6.07, 6.45) is 3.38. The summed E-state index contributed by atoms with van der Waals surface area (Å²) in [4.78, 5) is 4.48. The van der Waals surface area contributed by atoms with E-state index in [1.807, 2.05) is 13.1 Å². The molecule has 0 saturated heterocycles. The van der Waals surface area contributed by atoms with Gasteiger partial charge in [0, 0.05) is 5.56 Å². The quantitative estimate of drug-likeness (QED) is 0.675. The van der Waals surface area contributed by atoms with Gasteiger partial charge in [0.05, 0.1) is 23.3 Å². The second kappa shape index (κ2) is 5.77. The van der Waals surface area contributed by atoms with Gasteiger partial charge in [0.2, 0.25) is 5.89 Å². The lowest BCUT2D eigenvalue weighted by molar-refractivity contribution is 0.566. The van der Waals surface area contributed by atoms with Crippen molar-refractivity contribution in [3.8, 4) is 11.5 Å². The van der Waals surface area contributed by atoms with E-state index in [1.54, 1.807) is 23.1 Å². The first-order valence-corrected chi connectivity index (χ1v) is 7.28. The SMILES string of the molecule is CC(Br)c1cn(Cc2coc(-c3cccc(F)c3)n2)nn1. The third-order valence-electron chi connectivity index (χ3n) is 2.91. The molecule has 2 aromatic heterocycles. The second-order valence-corrected chi connectivity index (χ2v) is 5.98. The van der Waals surface area contributed by atoms with Crippen LogP contribution >= 0.6 is 15.9 Å². The molecule has 0 spiro atoms. The Bertz CT molecular complexity index is 753. The van der Waals surface area contributed by atoms with E-state index in [1.165, 1.54) is 12.1 Å². The number of hydrogen-bond acceptors (Lipinski definition) is 4. The molecule has 1 aromatic carbocycles. The minimum atomic E-state index is -0.320. The highest BCUT2D eigenvalue weighted by molar-refractivity contribution is 9.09. The third kappa shape index (κ3) is 3.18. The van der Waals surface area contributed by atoms with Crippen LogP contribution in [-0.2, 0) is 6.54 Å². The number of nitrogens with zero attached hydrogens (tertiary/aromatic N) is 4. The van der Waals surface area contributed by atoms with Crippen molar-refractivity contribution in [3.05, 3.63) is 53.9 Å². The molecular weight excluding hydrogens is 339 g/mol. The molecule has 2 heterocycles. The molecule has 1 unspecified atom stereocenters. The Hall–Kier alpha value is -2.02. The molecule has 0 aliphatic heterocycles. The Morgan fingerprint density at radius 2 is 2.29 bits per heavy atom. The Kier molecular flexibility index (Phi) is 3.83. The average molecular weight is 351 g/mol. The molecule has 0 fully saturated rings. The van der Waals surface area contributed by atoms with Gasteiger partial charge in [-0.15, -0.1) is 5.10 Å². The number of halogens is 2. The second-order valence-electron chi connectivity index (χ2n) is 4.61. The van der Waals surface area contributed by atoms with Crippen LogP contribution in [0.4, 0.5) is 4.39 Å². The highest BCUT2D eigenvalue weighted by Gasteiger charge is 2.10. The third-order valence-corrected chi connectivity index (χ3v) is 3.38. The number of benzene rings is 1. The van der Waals surface area contributed by atoms with Crippen molar-refractivity contribution < 1.29 is 8.81 Å². The highest BCUT2D eigenvalue weighted by atomic mass is 79.9. The normalized spacial score (nSPS) is 12.5. The molecule has 0 aliphatic rings. The van der Waals surface area contributed by atoms with Gasteiger partial charge >= 0.3 is 0 Å². The topological polar surface area (TPSA) is 56.7 Å². The van der Waals surface area contributed by atoms with Gasteiger partial charge < -0.3 is 4.42 Å². The van der Waals surface area contributed by atoms with Crippen molar-refractivity contribution in [1.29, 1.82) is 0 Å². The number of oxazole rings is 1. The van der Waals surface area contributed by atoms with Crippen molar-refractivity contribution in [3.63, 3.8) is 0 Å². The van der Waals surface area contributed by atoms with Crippen LogP contribution in [-0.4, -0.2) is 20.0 Å². The van der Waals surface area contributed by atoms with Crippen LogP contribution in [0.15, 0.2) is 41.1 Å². The number of rotatable bonds is 4. The van der Waals surface area contributed by atoms with Gasteiger partial charge in [-0.1, -0.05) is 27.2 Å². The fourth-order valence-corrected chi connectivity index (χ4v) is 2.08. The van der Waals surface area contributed by atoms with Crippen molar-refractivity contribution in [2.45, 2.75) is 18.3 Å². The lowest BCUT2D eigenvalue weighted by atomic mass is 10.2. The van der Waals surface area contributed by atoms with Crippen LogP contribution in [0.2, 0.25) is 0 Å². The summed E-state index contributed by atoms with van der Waals surface area (Å²) in [5.74, 6) is 0.0678. The molecule has 108 valence electrons. The maximum atomic E-state index is 13.2. The summed E-state index contributed by atoms with van der Waals surface area (Å²) in [6.45, 7) is 2.43. The lowest BCUT2D eigenvalue weighted by Crippen LogP contribution is -2.00. The molecule has 0 saturated carbocycles. The molecule has 3 rings (SSSR count). The van der Waals surface area contributed by atoms with Crippen LogP contribution in [0.5, 0.6) is 0 Å². The summed E-state index contributed by atoms with van der Waals surface area (Å²) in [5.41, 5.74) is 2.16. The van der Waals surface area contributed by atoms with E-state index >= 15 is 0 Å². The predicted octanol–water partition coefficient (Wildman–Crippen LogP) is 3.58. The van der Waals surface area contributed by atoms with Gasteiger partial charge in [-0.2, -0.15) is 0 Å². The van der Waals surface area contributed by atoms with E-state index in [2.05, 4.69) is 31.2 Å². The zero-order valence-corrected chi connectivity index (χ0v) is 12.8. The van der Waals surface area contributed by atoms with E-state index in [-0.39, 0.29) is 10.6 Å². The first kappa shape index (κ1) is 13.9. The summed E-state index contributed by atoms with van der Waals surface area (Å²) < 4.78 is 20.3. The fourth-order valence-electron chi connectivity index (χ4n) is 1.87.